The van der Waals surface area contributed by atoms with Crippen molar-refractivity contribution < 1.29 is 4.79 Å². The molecule has 2 aromatic carbocycles. The van der Waals surface area contributed by atoms with Gasteiger partial charge in [0.2, 0.25) is 0 Å². The summed E-state index contributed by atoms with van der Waals surface area (Å²) < 4.78 is 0. The molecule has 0 aromatic heterocycles. The molecule has 2 aromatic rings. The molecule has 1 N–H and O–H groups in total. The maximum atomic E-state index is 12.1. The number of carbonyl (C=O) groups excluding carboxylic acids is 1. The van der Waals surface area contributed by atoms with E-state index >= 15 is 0 Å². The Kier molecular flexibility index (Phi) is 4.00. The molecule has 0 heterocycles. The van der Waals surface area contributed by atoms with Crippen molar-refractivity contribution in [2.75, 3.05) is 0 Å². The van der Waals surface area contributed by atoms with Crippen molar-refractivity contribution in [1.82, 2.24) is 5.32 Å². The van der Waals surface area contributed by atoms with Crippen LogP contribution in [0.25, 0.3) is 0 Å². The predicted octanol–water partition coefficient (Wildman–Crippen LogP) is 3.83. The van der Waals surface area contributed by atoms with Crippen molar-refractivity contribution >= 4 is 17.5 Å². The molecule has 1 amide bonds. The van der Waals surface area contributed by atoms with Crippen LogP contribution in [0.1, 0.15) is 28.9 Å². The van der Waals surface area contributed by atoms with Crippen molar-refractivity contribution in [2.24, 2.45) is 0 Å². The first-order valence-electron chi connectivity index (χ1n) is 5.79. The van der Waals surface area contributed by atoms with Gasteiger partial charge in [0.25, 0.3) is 5.91 Å². The van der Waals surface area contributed by atoms with Gasteiger partial charge in [-0.3, -0.25) is 4.79 Å². The van der Waals surface area contributed by atoms with E-state index in [4.69, 9.17) is 11.6 Å². The van der Waals surface area contributed by atoms with Gasteiger partial charge in [-0.2, -0.15) is 0 Å². The molecule has 92 valence electrons. The molecule has 0 bridgehead atoms. The number of amides is 1. The van der Waals surface area contributed by atoms with Crippen molar-refractivity contribution in [3.05, 3.63) is 70.7 Å². The molecular formula is C15H14ClNO. The Morgan fingerprint density at radius 1 is 1.06 bits per heavy atom. The summed E-state index contributed by atoms with van der Waals surface area (Å²) in [5.74, 6) is -0.156. The van der Waals surface area contributed by atoms with Crippen LogP contribution in [0.4, 0.5) is 0 Å². The highest BCUT2D eigenvalue weighted by atomic mass is 35.5. The zero-order valence-electron chi connectivity index (χ0n) is 10.1. The highest BCUT2D eigenvalue weighted by molar-refractivity contribution is 6.33. The molecule has 0 radical (unpaired) electrons. The third-order valence-electron chi connectivity index (χ3n) is 2.77. The molecule has 3 heteroatoms. The lowest BCUT2D eigenvalue weighted by molar-refractivity contribution is 0.0940. The zero-order valence-corrected chi connectivity index (χ0v) is 10.8. The van der Waals surface area contributed by atoms with Crippen molar-refractivity contribution in [2.45, 2.75) is 13.0 Å². The van der Waals surface area contributed by atoms with Gasteiger partial charge < -0.3 is 5.32 Å². The van der Waals surface area contributed by atoms with Gasteiger partial charge in [0.1, 0.15) is 0 Å². The van der Waals surface area contributed by atoms with Gasteiger partial charge >= 0.3 is 0 Å². The topological polar surface area (TPSA) is 29.1 Å². The second-order valence-corrected chi connectivity index (χ2v) is 4.49. The first-order chi connectivity index (χ1) is 8.68. The lowest BCUT2D eigenvalue weighted by Crippen LogP contribution is -2.26. The van der Waals surface area contributed by atoms with Crippen LogP contribution in [0.15, 0.2) is 54.6 Å². The summed E-state index contributed by atoms with van der Waals surface area (Å²) in [7, 11) is 0. The summed E-state index contributed by atoms with van der Waals surface area (Å²) in [6.45, 7) is 1.95. The molecule has 0 aliphatic carbocycles. The summed E-state index contributed by atoms with van der Waals surface area (Å²) in [4.78, 5) is 12.1. The van der Waals surface area contributed by atoms with E-state index in [1.165, 1.54) is 0 Å². The van der Waals surface area contributed by atoms with Crippen molar-refractivity contribution in [1.29, 1.82) is 0 Å². The Hall–Kier alpha value is -1.80. The zero-order chi connectivity index (χ0) is 13.0. The van der Waals surface area contributed by atoms with Gasteiger partial charge in [-0.05, 0) is 24.6 Å². The van der Waals surface area contributed by atoms with Gasteiger partial charge in [-0.15, -0.1) is 0 Å². The van der Waals surface area contributed by atoms with E-state index in [9.17, 15) is 4.79 Å². The summed E-state index contributed by atoms with van der Waals surface area (Å²) in [6, 6.07) is 16.8. The SMILES string of the molecule is CC(NC(=O)c1ccccc1Cl)c1ccccc1. The molecule has 0 saturated heterocycles. The normalized spacial score (nSPS) is 11.9. The lowest BCUT2D eigenvalue weighted by Gasteiger charge is -2.14. The van der Waals surface area contributed by atoms with E-state index in [0.717, 1.165) is 5.56 Å². The van der Waals surface area contributed by atoms with Crippen LogP contribution in [0, 0.1) is 0 Å². The van der Waals surface area contributed by atoms with Crippen LogP contribution in [0.2, 0.25) is 5.02 Å². The number of nitrogens with one attached hydrogen (secondary N) is 1. The maximum Gasteiger partial charge on any atom is 0.253 e. The fourth-order valence-corrected chi connectivity index (χ4v) is 1.97. The van der Waals surface area contributed by atoms with E-state index in [2.05, 4.69) is 5.32 Å². The van der Waals surface area contributed by atoms with Gasteiger partial charge in [0.15, 0.2) is 0 Å². The van der Waals surface area contributed by atoms with Gasteiger partial charge in [-0.25, -0.2) is 0 Å². The third kappa shape index (κ3) is 2.90. The number of benzene rings is 2. The second-order valence-electron chi connectivity index (χ2n) is 4.09. The van der Waals surface area contributed by atoms with Gasteiger partial charge in [-0.1, -0.05) is 54.1 Å². The highest BCUT2D eigenvalue weighted by Gasteiger charge is 2.13. The highest BCUT2D eigenvalue weighted by Crippen LogP contribution is 2.17. The first kappa shape index (κ1) is 12.7. The minimum Gasteiger partial charge on any atom is -0.345 e. The average molecular weight is 260 g/mol. The van der Waals surface area contributed by atoms with Crippen molar-refractivity contribution in [3.63, 3.8) is 0 Å². The third-order valence-corrected chi connectivity index (χ3v) is 3.10. The molecule has 0 fully saturated rings. The quantitative estimate of drug-likeness (QED) is 0.892. The van der Waals surface area contributed by atoms with E-state index < -0.39 is 0 Å². The average Bonchev–Trinajstić information content (AvgIpc) is 2.40. The first-order valence-corrected chi connectivity index (χ1v) is 6.16. The van der Waals surface area contributed by atoms with Gasteiger partial charge in [0.05, 0.1) is 16.6 Å². The Labute approximate surface area is 112 Å². The van der Waals surface area contributed by atoms with Crippen LogP contribution in [0.5, 0.6) is 0 Å². The molecule has 0 aliphatic rings. The van der Waals surface area contributed by atoms with E-state index in [-0.39, 0.29) is 11.9 Å². The number of rotatable bonds is 3. The molecule has 0 aliphatic heterocycles. The van der Waals surface area contributed by atoms with Crippen LogP contribution < -0.4 is 5.32 Å². The molecule has 18 heavy (non-hydrogen) atoms. The number of halogens is 1. The number of hydrogen-bond acceptors (Lipinski definition) is 1. The van der Waals surface area contributed by atoms with E-state index in [1.807, 2.05) is 37.3 Å². The Balaban J connectivity index is 2.11. The van der Waals surface area contributed by atoms with Crippen LogP contribution in [-0.2, 0) is 0 Å². The Bertz CT molecular complexity index is 539. The molecule has 2 rings (SSSR count). The lowest BCUT2D eigenvalue weighted by atomic mass is 10.1. The summed E-state index contributed by atoms with van der Waals surface area (Å²) in [5.41, 5.74) is 1.57. The number of carbonyl (C=O) groups is 1. The van der Waals surface area contributed by atoms with Crippen LogP contribution in [0.3, 0.4) is 0 Å². The van der Waals surface area contributed by atoms with E-state index in [1.54, 1.807) is 24.3 Å². The molecule has 2 nitrogen and oxygen atoms in total. The molecule has 0 spiro atoms. The van der Waals surface area contributed by atoms with Crippen molar-refractivity contribution in [3.8, 4) is 0 Å². The fourth-order valence-electron chi connectivity index (χ4n) is 1.74. The van der Waals surface area contributed by atoms with Gasteiger partial charge in [0, 0.05) is 0 Å². The minimum atomic E-state index is -0.156. The Morgan fingerprint density at radius 3 is 2.33 bits per heavy atom. The molecule has 0 saturated carbocycles. The number of hydrogen-bond donors (Lipinski definition) is 1. The second kappa shape index (κ2) is 5.69. The molecule has 1 atom stereocenters. The molecule has 1 unspecified atom stereocenters. The summed E-state index contributed by atoms with van der Waals surface area (Å²) in [6.07, 6.45) is 0. The maximum absolute atomic E-state index is 12.1. The summed E-state index contributed by atoms with van der Waals surface area (Å²) >= 11 is 5.99. The smallest absolute Gasteiger partial charge is 0.253 e. The van der Waals surface area contributed by atoms with E-state index in [0.29, 0.717) is 10.6 Å². The largest absolute Gasteiger partial charge is 0.345 e. The minimum absolute atomic E-state index is 0.0463. The molecular weight excluding hydrogens is 246 g/mol. The predicted molar refractivity (Wildman–Crippen MR) is 73.8 cm³/mol. The summed E-state index contributed by atoms with van der Waals surface area (Å²) in [5, 5.41) is 3.40. The monoisotopic (exact) mass is 259 g/mol. The fraction of sp³-hybridized carbons (Fsp3) is 0.133. The standard InChI is InChI=1S/C15H14ClNO/c1-11(12-7-3-2-4-8-12)17-15(18)13-9-5-6-10-14(13)16/h2-11H,1H3,(H,17,18). The van der Waals surface area contributed by atoms with Crippen LogP contribution in [-0.4, -0.2) is 5.91 Å². The Morgan fingerprint density at radius 2 is 1.67 bits per heavy atom. The van der Waals surface area contributed by atoms with Crippen LogP contribution >= 0.6 is 11.6 Å².